The number of fused-ring (bicyclic) bond motifs is 2. The third-order valence-electron chi connectivity index (χ3n) is 5.35. The second kappa shape index (κ2) is 7.74. The minimum Gasteiger partial charge on any atom is -0.493 e. The SMILES string of the molecule is CCCOc1cc(N(C)C)ccc1C1CC(=O)Cc2cc3c(cc21)OCCO3. The van der Waals surface area contributed by atoms with Crippen molar-refractivity contribution >= 4 is 11.5 Å². The first-order valence-electron chi connectivity index (χ1n) is 9.95. The molecule has 148 valence electrons. The third-order valence-corrected chi connectivity index (χ3v) is 5.35. The van der Waals surface area contributed by atoms with E-state index in [0.29, 0.717) is 32.7 Å². The highest BCUT2D eigenvalue weighted by Crippen LogP contribution is 2.45. The van der Waals surface area contributed by atoms with Crippen molar-refractivity contribution in [2.24, 2.45) is 0 Å². The average molecular weight is 381 g/mol. The fraction of sp³-hybridized carbons (Fsp3) is 0.435. The molecule has 1 aliphatic carbocycles. The molecule has 1 heterocycles. The van der Waals surface area contributed by atoms with E-state index < -0.39 is 0 Å². The zero-order valence-corrected chi connectivity index (χ0v) is 16.8. The molecule has 0 fully saturated rings. The van der Waals surface area contributed by atoms with E-state index in [1.54, 1.807) is 0 Å². The molecule has 0 saturated heterocycles. The lowest BCUT2D eigenvalue weighted by Crippen LogP contribution is -2.22. The quantitative estimate of drug-likeness (QED) is 0.785. The van der Waals surface area contributed by atoms with Crippen molar-refractivity contribution in [3.63, 3.8) is 0 Å². The van der Waals surface area contributed by atoms with E-state index in [4.69, 9.17) is 14.2 Å². The van der Waals surface area contributed by atoms with Gasteiger partial charge in [-0.25, -0.2) is 0 Å². The van der Waals surface area contributed by atoms with E-state index >= 15 is 0 Å². The van der Waals surface area contributed by atoms with Crippen molar-refractivity contribution in [3.8, 4) is 17.2 Å². The normalized spacial score (nSPS) is 17.8. The van der Waals surface area contributed by atoms with Crippen LogP contribution in [0.2, 0.25) is 0 Å². The van der Waals surface area contributed by atoms with Gasteiger partial charge in [-0.3, -0.25) is 4.79 Å². The maximum atomic E-state index is 12.6. The lowest BCUT2D eigenvalue weighted by molar-refractivity contribution is -0.119. The van der Waals surface area contributed by atoms with Gasteiger partial charge in [-0.2, -0.15) is 0 Å². The number of carbonyl (C=O) groups is 1. The number of ether oxygens (including phenoxy) is 3. The Bertz CT molecular complexity index is 890. The molecule has 0 amide bonds. The van der Waals surface area contributed by atoms with Gasteiger partial charge in [-0.15, -0.1) is 0 Å². The molecule has 0 saturated carbocycles. The number of ketones is 1. The molecule has 28 heavy (non-hydrogen) atoms. The van der Waals surface area contributed by atoms with E-state index in [-0.39, 0.29) is 11.7 Å². The van der Waals surface area contributed by atoms with Crippen molar-refractivity contribution in [3.05, 3.63) is 47.0 Å². The van der Waals surface area contributed by atoms with Crippen molar-refractivity contribution < 1.29 is 19.0 Å². The van der Waals surface area contributed by atoms with Crippen molar-refractivity contribution in [2.45, 2.75) is 32.1 Å². The number of hydrogen-bond acceptors (Lipinski definition) is 5. The molecule has 0 spiro atoms. The Morgan fingerprint density at radius 3 is 2.54 bits per heavy atom. The molecule has 0 radical (unpaired) electrons. The molecule has 1 aliphatic heterocycles. The highest BCUT2D eigenvalue weighted by atomic mass is 16.6. The number of nitrogens with zero attached hydrogens (tertiary/aromatic N) is 1. The molecule has 0 aromatic heterocycles. The Labute approximate surface area is 166 Å². The first-order chi connectivity index (χ1) is 13.6. The molecule has 2 aromatic carbocycles. The smallest absolute Gasteiger partial charge is 0.161 e. The van der Waals surface area contributed by atoms with Gasteiger partial charge in [-0.1, -0.05) is 13.0 Å². The summed E-state index contributed by atoms with van der Waals surface area (Å²) in [6, 6.07) is 10.3. The van der Waals surface area contributed by atoms with Gasteiger partial charge in [0.1, 0.15) is 24.7 Å². The molecule has 1 atom stereocenters. The number of benzene rings is 2. The Hall–Kier alpha value is -2.69. The van der Waals surface area contributed by atoms with Crippen LogP contribution in [0.1, 0.15) is 42.4 Å². The number of rotatable bonds is 5. The number of hydrogen-bond donors (Lipinski definition) is 0. The van der Waals surface area contributed by atoms with Gasteiger partial charge in [0.2, 0.25) is 0 Å². The fourth-order valence-electron chi connectivity index (χ4n) is 3.95. The predicted molar refractivity (Wildman–Crippen MR) is 109 cm³/mol. The van der Waals surface area contributed by atoms with Crippen LogP contribution in [0.4, 0.5) is 5.69 Å². The Morgan fingerprint density at radius 2 is 1.82 bits per heavy atom. The highest BCUT2D eigenvalue weighted by Gasteiger charge is 2.31. The predicted octanol–water partition coefficient (Wildman–Crippen LogP) is 3.96. The summed E-state index contributed by atoms with van der Waals surface area (Å²) in [4.78, 5) is 14.6. The van der Waals surface area contributed by atoms with Crippen LogP contribution in [0, 0.1) is 0 Å². The molecule has 0 N–H and O–H groups in total. The summed E-state index contributed by atoms with van der Waals surface area (Å²) in [6.07, 6.45) is 1.87. The monoisotopic (exact) mass is 381 g/mol. The van der Waals surface area contributed by atoms with Gasteiger partial charge in [0.15, 0.2) is 11.5 Å². The second-order valence-electron chi connectivity index (χ2n) is 7.63. The van der Waals surface area contributed by atoms with Crippen molar-refractivity contribution in [1.29, 1.82) is 0 Å². The van der Waals surface area contributed by atoms with Gasteiger partial charge in [-0.05, 0) is 35.7 Å². The Kier molecular flexibility index (Phi) is 5.16. The minimum absolute atomic E-state index is 0.0323. The molecule has 2 aromatic rings. The maximum Gasteiger partial charge on any atom is 0.161 e. The van der Waals surface area contributed by atoms with Crippen LogP contribution in [0.15, 0.2) is 30.3 Å². The van der Waals surface area contributed by atoms with Gasteiger partial charge in [0.25, 0.3) is 0 Å². The summed E-state index contributed by atoms with van der Waals surface area (Å²) in [5.74, 6) is 2.57. The third kappa shape index (κ3) is 3.53. The van der Waals surface area contributed by atoms with Gasteiger partial charge in [0, 0.05) is 50.2 Å². The molecular formula is C23H27NO4. The standard InChI is InChI=1S/C23H27NO4/c1-4-7-26-21-12-16(24(2)3)5-6-18(21)20-13-17(25)10-15-11-22-23(14-19(15)20)28-9-8-27-22/h5-6,11-12,14,20H,4,7-10,13H2,1-3H3. The van der Waals surface area contributed by atoms with E-state index in [1.165, 1.54) is 0 Å². The Balaban J connectivity index is 1.80. The number of anilines is 1. The molecule has 0 bridgehead atoms. The minimum atomic E-state index is -0.0323. The summed E-state index contributed by atoms with van der Waals surface area (Å²) in [7, 11) is 4.03. The van der Waals surface area contributed by atoms with Gasteiger partial charge < -0.3 is 19.1 Å². The first kappa shape index (κ1) is 18.7. The second-order valence-corrected chi connectivity index (χ2v) is 7.63. The molecule has 5 heteroatoms. The lowest BCUT2D eigenvalue weighted by atomic mass is 9.77. The summed E-state index contributed by atoms with van der Waals surface area (Å²) in [5, 5.41) is 0. The fourth-order valence-corrected chi connectivity index (χ4v) is 3.95. The maximum absolute atomic E-state index is 12.6. The zero-order chi connectivity index (χ0) is 19.7. The van der Waals surface area contributed by atoms with E-state index in [2.05, 4.69) is 36.1 Å². The van der Waals surface area contributed by atoms with Gasteiger partial charge in [0.05, 0.1) is 6.61 Å². The Morgan fingerprint density at radius 1 is 1.07 bits per heavy atom. The van der Waals surface area contributed by atoms with Crippen LogP contribution < -0.4 is 19.1 Å². The van der Waals surface area contributed by atoms with Crippen LogP contribution in [-0.4, -0.2) is 39.7 Å². The molecule has 2 aliphatic rings. The van der Waals surface area contributed by atoms with Crippen LogP contribution in [0.25, 0.3) is 0 Å². The van der Waals surface area contributed by atoms with Crippen LogP contribution in [0.3, 0.4) is 0 Å². The summed E-state index contributed by atoms with van der Waals surface area (Å²) in [5.41, 5.74) is 4.32. The van der Waals surface area contributed by atoms with Crippen molar-refractivity contribution in [1.82, 2.24) is 0 Å². The molecule has 4 rings (SSSR count). The van der Waals surface area contributed by atoms with Crippen LogP contribution in [-0.2, 0) is 11.2 Å². The largest absolute Gasteiger partial charge is 0.493 e. The summed E-state index contributed by atoms with van der Waals surface area (Å²) < 4.78 is 17.6. The zero-order valence-electron chi connectivity index (χ0n) is 16.8. The van der Waals surface area contributed by atoms with Gasteiger partial charge >= 0.3 is 0 Å². The lowest BCUT2D eigenvalue weighted by Gasteiger charge is -2.29. The van der Waals surface area contributed by atoms with E-state index in [1.807, 2.05) is 20.2 Å². The topological polar surface area (TPSA) is 48.0 Å². The van der Waals surface area contributed by atoms with E-state index in [9.17, 15) is 4.79 Å². The van der Waals surface area contributed by atoms with E-state index in [0.717, 1.165) is 46.0 Å². The molecule has 5 nitrogen and oxygen atoms in total. The molecular weight excluding hydrogens is 354 g/mol. The summed E-state index contributed by atoms with van der Waals surface area (Å²) in [6.45, 7) is 3.85. The van der Waals surface area contributed by atoms with Crippen molar-refractivity contribution in [2.75, 3.05) is 38.8 Å². The average Bonchev–Trinajstić information content (AvgIpc) is 2.70. The first-order valence-corrected chi connectivity index (χ1v) is 9.95. The number of carbonyl (C=O) groups excluding carboxylic acids is 1. The molecule has 1 unspecified atom stereocenters. The highest BCUT2D eigenvalue weighted by molar-refractivity contribution is 5.85. The summed E-state index contributed by atoms with van der Waals surface area (Å²) >= 11 is 0. The van der Waals surface area contributed by atoms with Crippen LogP contribution in [0.5, 0.6) is 17.2 Å². The van der Waals surface area contributed by atoms with Crippen LogP contribution >= 0.6 is 0 Å². The number of Topliss-reactive ketones (excluding diaryl/α,β-unsaturated/α-hetero) is 1.